The zero-order valence-electron chi connectivity index (χ0n) is 37.0. The highest BCUT2D eigenvalue weighted by atomic mass is 16.5. The molecular formula is C61H46N2O3. The average Bonchev–Trinajstić information content (AvgIpc) is 3.41. The molecule has 0 atom stereocenters. The molecule has 0 unspecified atom stereocenters. The van der Waals surface area contributed by atoms with E-state index in [0.717, 1.165) is 112 Å². The van der Waals surface area contributed by atoms with Gasteiger partial charge in [-0.2, -0.15) is 0 Å². The predicted octanol–water partition coefficient (Wildman–Crippen LogP) is 15.5. The molecule has 5 heteroatoms. The lowest BCUT2D eigenvalue weighted by atomic mass is 9.98. The Hall–Kier alpha value is -8.54. The van der Waals surface area contributed by atoms with Crippen LogP contribution >= 0.6 is 0 Å². The molecule has 0 bridgehead atoms. The van der Waals surface area contributed by atoms with Gasteiger partial charge in [-0.05, 0) is 109 Å². The van der Waals surface area contributed by atoms with Crippen molar-refractivity contribution >= 4 is 0 Å². The summed E-state index contributed by atoms with van der Waals surface area (Å²) < 4.78 is 16.0. The first-order chi connectivity index (χ1) is 32.5. The van der Waals surface area contributed by atoms with Crippen molar-refractivity contribution in [1.29, 1.82) is 0 Å². The quantitative estimate of drug-likeness (QED) is 0.123. The zero-order chi connectivity index (χ0) is 44.8. The molecule has 0 aliphatic heterocycles. The van der Waals surface area contributed by atoms with Gasteiger partial charge >= 0.3 is 0 Å². The van der Waals surface area contributed by atoms with Crippen LogP contribution in [0.15, 0.2) is 224 Å². The lowest BCUT2D eigenvalue weighted by Crippen LogP contribution is -1.96. The number of methoxy groups -OCH3 is 3. The van der Waals surface area contributed by atoms with E-state index in [2.05, 4.69) is 188 Å². The fraction of sp³-hybridized carbons (Fsp3) is 0.0492. The van der Waals surface area contributed by atoms with E-state index in [9.17, 15) is 0 Å². The zero-order valence-corrected chi connectivity index (χ0v) is 37.0. The Labute approximate surface area is 386 Å². The highest BCUT2D eigenvalue weighted by molar-refractivity contribution is 5.79. The molecule has 318 valence electrons. The number of hydrogen-bond acceptors (Lipinski definition) is 5. The Balaban J connectivity index is 0.939. The minimum absolute atomic E-state index is 0.667. The van der Waals surface area contributed by atoms with Gasteiger partial charge in [0.1, 0.15) is 17.2 Å². The van der Waals surface area contributed by atoms with Gasteiger partial charge in [-0.15, -0.1) is 0 Å². The summed E-state index contributed by atoms with van der Waals surface area (Å²) in [7, 11) is 5.06. The summed E-state index contributed by atoms with van der Waals surface area (Å²) >= 11 is 0. The number of rotatable bonds is 12. The maximum absolute atomic E-state index is 5.34. The third-order valence-electron chi connectivity index (χ3n) is 12.2. The minimum Gasteiger partial charge on any atom is -0.497 e. The molecule has 0 N–H and O–H groups in total. The van der Waals surface area contributed by atoms with Gasteiger partial charge in [0.25, 0.3) is 0 Å². The monoisotopic (exact) mass is 854 g/mol. The van der Waals surface area contributed by atoms with Crippen LogP contribution in [0.2, 0.25) is 0 Å². The summed E-state index contributed by atoms with van der Waals surface area (Å²) in [6, 6.07) is 78.4. The molecular weight excluding hydrogens is 809 g/mol. The summed E-state index contributed by atoms with van der Waals surface area (Å²) in [6.07, 6.45) is 0. The molecule has 0 fully saturated rings. The summed E-state index contributed by atoms with van der Waals surface area (Å²) in [5, 5.41) is 0. The minimum atomic E-state index is 0.667. The van der Waals surface area contributed by atoms with E-state index in [1.165, 1.54) is 0 Å². The maximum atomic E-state index is 5.34. The summed E-state index contributed by atoms with van der Waals surface area (Å²) in [5.41, 5.74) is 18.4. The second-order valence-electron chi connectivity index (χ2n) is 16.1. The van der Waals surface area contributed by atoms with Crippen LogP contribution in [0.1, 0.15) is 0 Å². The van der Waals surface area contributed by atoms with Crippen LogP contribution in [-0.4, -0.2) is 31.3 Å². The van der Waals surface area contributed by atoms with E-state index in [1.54, 1.807) is 21.3 Å². The molecule has 0 amide bonds. The van der Waals surface area contributed by atoms with Gasteiger partial charge in [0.2, 0.25) is 0 Å². The van der Waals surface area contributed by atoms with E-state index in [4.69, 9.17) is 24.2 Å². The van der Waals surface area contributed by atoms with E-state index in [1.807, 2.05) is 36.4 Å². The van der Waals surface area contributed by atoms with Crippen molar-refractivity contribution < 1.29 is 14.2 Å². The van der Waals surface area contributed by atoms with Crippen LogP contribution in [0, 0.1) is 0 Å². The standard InChI is InChI=1S/C61H46N2O3/c1-64-56-34-28-50(29-35-56)44-10-4-41(5-11-44)47-16-22-53(23-17-47)59-40-60(54-24-18-48(19-25-54)42-6-12-45(13-7-42)51-30-36-57(65-2)37-31-51)63-61(62-59)55-26-20-49(21-27-55)43-8-14-46(15-9-43)52-32-38-58(66-3)39-33-52/h4-40H,1-3H3. The Kier molecular flexibility index (Phi) is 11.7. The van der Waals surface area contributed by atoms with Crippen molar-refractivity contribution in [3.63, 3.8) is 0 Å². The van der Waals surface area contributed by atoms with Crippen molar-refractivity contribution in [3.8, 4) is 118 Å². The third-order valence-corrected chi connectivity index (χ3v) is 12.2. The molecule has 9 aromatic carbocycles. The van der Waals surface area contributed by atoms with Crippen molar-refractivity contribution in [2.45, 2.75) is 0 Å². The first-order valence-corrected chi connectivity index (χ1v) is 22.0. The summed E-state index contributed by atoms with van der Waals surface area (Å²) in [5.74, 6) is 3.21. The Bertz CT molecular complexity index is 2840. The molecule has 0 radical (unpaired) electrons. The molecule has 5 nitrogen and oxygen atoms in total. The number of benzene rings is 9. The van der Waals surface area contributed by atoms with E-state index < -0.39 is 0 Å². The van der Waals surface area contributed by atoms with E-state index in [0.29, 0.717) is 5.82 Å². The fourth-order valence-electron chi connectivity index (χ4n) is 8.27. The SMILES string of the molecule is COc1ccc(-c2ccc(-c3ccc(-c4cc(-c5ccc(-c6ccc(-c7ccc(OC)cc7)cc6)cc5)nc(-c5ccc(-c6ccc(-c7ccc(OC)cc7)cc6)cc5)n4)cc3)cc2)cc1. The second-order valence-corrected chi connectivity index (χ2v) is 16.1. The molecule has 1 heterocycles. The van der Waals surface area contributed by atoms with Crippen LogP contribution in [0.25, 0.3) is 101 Å². The van der Waals surface area contributed by atoms with Crippen molar-refractivity contribution in [1.82, 2.24) is 9.97 Å². The molecule has 0 aliphatic rings. The van der Waals surface area contributed by atoms with Gasteiger partial charge in [0.05, 0.1) is 32.7 Å². The van der Waals surface area contributed by atoms with Crippen LogP contribution in [0.3, 0.4) is 0 Å². The van der Waals surface area contributed by atoms with Gasteiger partial charge in [0.15, 0.2) is 5.82 Å². The van der Waals surface area contributed by atoms with Crippen molar-refractivity contribution in [2.75, 3.05) is 21.3 Å². The largest absolute Gasteiger partial charge is 0.497 e. The molecule has 0 spiro atoms. The maximum Gasteiger partial charge on any atom is 0.160 e. The molecule has 0 saturated heterocycles. The van der Waals surface area contributed by atoms with Gasteiger partial charge in [-0.3, -0.25) is 0 Å². The first kappa shape index (κ1) is 41.5. The lowest BCUT2D eigenvalue weighted by molar-refractivity contribution is 0.415. The highest BCUT2D eigenvalue weighted by Gasteiger charge is 2.13. The van der Waals surface area contributed by atoms with Gasteiger partial charge < -0.3 is 14.2 Å². The van der Waals surface area contributed by atoms with E-state index >= 15 is 0 Å². The van der Waals surface area contributed by atoms with Crippen molar-refractivity contribution in [2.24, 2.45) is 0 Å². The molecule has 1 aromatic heterocycles. The summed E-state index contributed by atoms with van der Waals surface area (Å²) in [6.45, 7) is 0. The highest BCUT2D eigenvalue weighted by Crippen LogP contribution is 2.34. The summed E-state index contributed by atoms with van der Waals surface area (Å²) in [4.78, 5) is 10.4. The Morgan fingerprint density at radius 2 is 0.379 bits per heavy atom. The number of ether oxygens (including phenoxy) is 3. The smallest absolute Gasteiger partial charge is 0.160 e. The Morgan fingerprint density at radius 1 is 0.212 bits per heavy atom. The molecule has 0 saturated carbocycles. The van der Waals surface area contributed by atoms with Crippen LogP contribution in [-0.2, 0) is 0 Å². The molecule has 66 heavy (non-hydrogen) atoms. The number of hydrogen-bond donors (Lipinski definition) is 0. The van der Waals surface area contributed by atoms with Crippen LogP contribution in [0.5, 0.6) is 17.2 Å². The Morgan fingerprint density at radius 3 is 0.576 bits per heavy atom. The van der Waals surface area contributed by atoms with Gasteiger partial charge in [-0.25, -0.2) is 9.97 Å². The normalized spacial score (nSPS) is 11.0. The van der Waals surface area contributed by atoms with Crippen LogP contribution in [0.4, 0.5) is 0 Å². The lowest BCUT2D eigenvalue weighted by Gasteiger charge is -2.12. The van der Waals surface area contributed by atoms with E-state index in [-0.39, 0.29) is 0 Å². The predicted molar refractivity (Wildman–Crippen MR) is 271 cm³/mol. The molecule has 10 aromatic rings. The molecule has 0 aliphatic carbocycles. The van der Waals surface area contributed by atoms with Gasteiger partial charge in [-0.1, -0.05) is 182 Å². The van der Waals surface area contributed by atoms with Crippen LogP contribution < -0.4 is 14.2 Å². The number of aromatic nitrogens is 2. The second kappa shape index (κ2) is 18.7. The molecule has 10 rings (SSSR count). The topological polar surface area (TPSA) is 53.5 Å². The fourth-order valence-corrected chi connectivity index (χ4v) is 8.27. The van der Waals surface area contributed by atoms with Gasteiger partial charge in [0, 0.05) is 16.7 Å². The average molecular weight is 855 g/mol. The van der Waals surface area contributed by atoms with Crippen molar-refractivity contribution in [3.05, 3.63) is 224 Å². The third kappa shape index (κ3) is 8.96. The number of nitrogens with zero attached hydrogens (tertiary/aromatic N) is 2. The first-order valence-electron chi connectivity index (χ1n) is 22.0.